The molecule has 1 aliphatic rings. The van der Waals surface area contributed by atoms with Gasteiger partial charge in [0, 0.05) is 30.7 Å². The molecule has 1 fully saturated rings. The molecule has 1 saturated heterocycles. The molecule has 0 aliphatic carbocycles. The number of H-pyrrole nitrogens is 1. The van der Waals surface area contributed by atoms with Crippen LogP contribution < -0.4 is 10.2 Å². The van der Waals surface area contributed by atoms with Crippen LogP contribution in [0, 0.1) is 0 Å². The van der Waals surface area contributed by atoms with Crippen molar-refractivity contribution in [3.63, 3.8) is 0 Å². The molecule has 0 bridgehead atoms. The molecule has 0 unspecified atom stereocenters. The quantitative estimate of drug-likeness (QED) is 0.885. The van der Waals surface area contributed by atoms with E-state index in [-0.39, 0.29) is 5.91 Å². The van der Waals surface area contributed by atoms with Crippen LogP contribution in [-0.4, -0.2) is 29.2 Å². The van der Waals surface area contributed by atoms with Crippen LogP contribution in [0.15, 0.2) is 36.7 Å². The fraction of sp³-hybridized carbons (Fsp3) is 0.286. The zero-order valence-corrected chi connectivity index (χ0v) is 10.6. The predicted octanol–water partition coefficient (Wildman–Crippen LogP) is 2.26. The number of nitrogens with zero attached hydrogens (tertiary/aromatic N) is 2. The van der Waals surface area contributed by atoms with Crippen LogP contribution in [0.2, 0.25) is 0 Å². The number of nitrogens with one attached hydrogen (secondary N) is 2. The average Bonchev–Trinajstić information content (AvgIpc) is 3.13. The minimum absolute atomic E-state index is 0.146. The zero-order valence-electron chi connectivity index (χ0n) is 10.6. The molecule has 5 nitrogen and oxygen atoms in total. The van der Waals surface area contributed by atoms with Gasteiger partial charge in [0.15, 0.2) is 0 Å². The highest BCUT2D eigenvalue weighted by Crippen LogP contribution is 2.23. The van der Waals surface area contributed by atoms with E-state index < -0.39 is 0 Å². The number of rotatable bonds is 3. The Morgan fingerprint density at radius 3 is 2.89 bits per heavy atom. The third-order valence-corrected chi connectivity index (χ3v) is 3.34. The lowest BCUT2D eigenvalue weighted by Crippen LogP contribution is -2.18. The summed E-state index contributed by atoms with van der Waals surface area (Å²) in [5, 5.41) is 9.29. The van der Waals surface area contributed by atoms with Crippen molar-refractivity contribution in [2.24, 2.45) is 0 Å². The van der Waals surface area contributed by atoms with E-state index >= 15 is 0 Å². The molecular formula is C14H16N4O. The number of anilines is 2. The Labute approximate surface area is 111 Å². The summed E-state index contributed by atoms with van der Waals surface area (Å²) in [6, 6.07) is 7.97. The third kappa shape index (κ3) is 2.59. The first kappa shape index (κ1) is 11.8. The van der Waals surface area contributed by atoms with Gasteiger partial charge in [-0.1, -0.05) is 6.07 Å². The third-order valence-electron chi connectivity index (χ3n) is 3.34. The molecule has 98 valence electrons. The van der Waals surface area contributed by atoms with Crippen molar-refractivity contribution < 1.29 is 4.79 Å². The van der Waals surface area contributed by atoms with Crippen molar-refractivity contribution in [3.8, 4) is 0 Å². The number of aromatic nitrogens is 2. The van der Waals surface area contributed by atoms with Crippen LogP contribution in [0.1, 0.15) is 23.2 Å². The van der Waals surface area contributed by atoms with Gasteiger partial charge in [-0.25, -0.2) is 0 Å². The SMILES string of the molecule is O=C(Nc1cccc(N2CCCC2)c1)c1cn[nH]c1. The average molecular weight is 256 g/mol. The number of amides is 1. The van der Waals surface area contributed by atoms with Crippen molar-refractivity contribution in [2.75, 3.05) is 23.3 Å². The van der Waals surface area contributed by atoms with Crippen LogP contribution in [-0.2, 0) is 0 Å². The lowest BCUT2D eigenvalue weighted by molar-refractivity contribution is 0.102. The molecule has 1 aromatic heterocycles. The Morgan fingerprint density at radius 1 is 1.32 bits per heavy atom. The molecule has 2 heterocycles. The fourth-order valence-electron chi connectivity index (χ4n) is 2.33. The van der Waals surface area contributed by atoms with Gasteiger partial charge in [0.1, 0.15) is 0 Å². The summed E-state index contributed by atoms with van der Waals surface area (Å²) in [4.78, 5) is 14.3. The lowest BCUT2D eigenvalue weighted by Gasteiger charge is -2.18. The van der Waals surface area contributed by atoms with Crippen LogP contribution >= 0.6 is 0 Å². The van der Waals surface area contributed by atoms with Gasteiger partial charge in [0.2, 0.25) is 0 Å². The summed E-state index contributed by atoms with van der Waals surface area (Å²) in [5.41, 5.74) is 2.52. The first-order chi connectivity index (χ1) is 9.33. The Bertz CT molecular complexity index is 559. The molecule has 1 aliphatic heterocycles. The van der Waals surface area contributed by atoms with Gasteiger partial charge in [-0.3, -0.25) is 9.89 Å². The maximum Gasteiger partial charge on any atom is 0.258 e. The molecule has 2 aromatic rings. The molecule has 19 heavy (non-hydrogen) atoms. The smallest absolute Gasteiger partial charge is 0.258 e. The lowest BCUT2D eigenvalue weighted by atomic mass is 10.2. The van der Waals surface area contributed by atoms with Crippen molar-refractivity contribution in [1.82, 2.24) is 10.2 Å². The van der Waals surface area contributed by atoms with E-state index in [0.717, 1.165) is 18.8 Å². The highest BCUT2D eigenvalue weighted by atomic mass is 16.1. The number of carbonyl (C=O) groups excluding carboxylic acids is 1. The second kappa shape index (κ2) is 5.14. The van der Waals surface area contributed by atoms with Crippen LogP contribution in [0.3, 0.4) is 0 Å². The summed E-state index contributed by atoms with van der Waals surface area (Å²) in [7, 11) is 0. The second-order valence-corrected chi connectivity index (χ2v) is 4.69. The molecular weight excluding hydrogens is 240 g/mol. The number of carbonyl (C=O) groups is 1. The second-order valence-electron chi connectivity index (χ2n) is 4.69. The maximum atomic E-state index is 11.9. The van der Waals surface area contributed by atoms with E-state index in [1.54, 1.807) is 6.20 Å². The molecule has 1 amide bonds. The first-order valence-electron chi connectivity index (χ1n) is 6.48. The highest BCUT2D eigenvalue weighted by molar-refractivity contribution is 6.04. The van der Waals surface area contributed by atoms with Crippen molar-refractivity contribution >= 4 is 17.3 Å². The van der Waals surface area contributed by atoms with E-state index in [1.165, 1.54) is 24.7 Å². The largest absolute Gasteiger partial charge is 0.371 e. The van der Waals surface area contributed by atoms with Crippen LogP contribution in [0.4, 0.5) is 11.4 Å². The normalized spacial score (nSPS) is 14.6. The minimum Gasteiger partial charge on any atom is -0.371 e. The monoisotopic (exact) mass is 256 g/mol. The molecule has 0 radical (unpaired) electrons. The molecule has 2 N–H and O–H groups in total. The molecule has 0 spiro atoms. The Morgan fingerprint density at radius 2 is 2.16 bits per heavy atom. The van der Waals surface area contributed by atoms with E-state index in [1.807, 2.05) is 18.2 Å². The van der Waals surface area contributed by atoms with Gasteiger partial charge in [0.05, 0.1) is 11.8 Å². The molecule has 0 saturated carbocycles. The van der Waals surface area contributed by atoms with Gasteiger partial charge >= 0.3 is 0 Å². The van der Waals surface area contributed by atoms with E-state index in [4.69, 9.17) is 0 Å². The molecule has 0 atom stereocenters. The summed E-state index contributed by atoms with van der Waals surface area (Å²) < 4.78 is 0. The van der Waals surface area contributed by atoms with Crippen molar-refractivity contribution in [2.45, 2.75) is 12.8 Å². The summed E-state index contributed by atoms with van der Waals surface area (Å²) in [5.74, 6) is -0.146. The number of hydrogen-bond donors (Lipinski definition) is 2. The summed E-state index contributed by atoms with van der Waals surface area (Å²) >= 11 is 0. The zero-order chi connectivity index (χ0) is 13.1. The van der Waals surface area contributed by atoms with E-state index in [9.17, 15) is 4.79 Å². The van der Waals surface area contributed by atoms with Crippen LogP contribution in [0.25, 0.3) is 0 Å². The predicted molar refractivity (Wildman–Crippen MR) is 74.4 cm³/mol. The van der Waals surface area contributed by atoms with Crippen molar-refractivity contribution in [1.29, 1.82) is 0 Å². The van der Waals surface area contributed by atoms with E-state index in [2.05, 4.69) is 26.5 Å². The van der Waals surface area contributed by atoms with Gasteiger partial charge in [-0.15, -0.1) is 0 Å². The molecule has 5 heteroatoms. The van der Waals surface area contributed by atoms with Crippen LogP contribution in [0.5, 0.6) is 0 Å². The molecule has 1 aromatic carbocycles. The van der Waals surface area contributed by atoms with Gasteiger partial charge in [-0.05, 0) is 31.0 Å². The summed E-state index contributed by atoms with van der Waals surface area (Å²) in [6.07, 6.45) is 5.58. The Balaban J connectivity index is 1.74. The molecule has 3 rings (SSSR count). The minimum atomic E-state index is -0.146. The first-order valence-corrected chi connectivity index (χ1v) is 6.48. The van der Waals surface area contributed by atoms with Crippen molar-refractivity contribution in [3.05, 3.63) is 42.2 Å². The highest BCUT2D eigenvalue weighted by Gasteiger charge is 2.13. The summed E-state index contributed by atoms with van der Waals surface area (Å²) in [6.45, 7) is 2.19. The van der Waals surface area contributed by atoms with Gasteiger partial charge in [-0.2, -0.15) is 5.10 Å². The number of hydrogen-bond acceptors (Lipinski definition) is 3. The Kier molecular flexibility index (Phi) is 3.18. The topological polar surface area (TPSA) is 61.0 Å². The van der Waals surface area contributed by atoms with Gasteiger partial charge < -0.3 is 10.2 Å². The Hall–Kier alpha value is -2.30. The fourth-order valence-corrected chi connectivity index (χ4v) is 2.33. The van der Waals surface area contributed by atoms with Gasteiger partial charge in [0.25, 0.3) is 5.91 Å². The maximum absolute atomic E-state index is 11.9. The number of benzene rings is 1. The van der Waals surface area contributed by atoms with E-state index in [0.29, 0.717) is 5.56 Å². The standard InChI is InChI=1S/C14H16N4O/c19-14(11-9-15-16-10-11)17-12-4-3-5-13(8-12)18-6-1-2-7-18/h3-5,8-10H,1-2,6-7H2,(H,15,16)(H,17,19). The number of aromatic amines is 1.